The van der Waals surface area contributed by atoms with Gasteiger partial charge in [0.1, 0.15) is 11.7 Å². The molecule has 1 saturated heterocycles. The molecule has 0 radical (unpaired) electrons. The van der Waals surface area contributed by atoms with Crippen molar-refractivity contribution in [2.45, 2.75) is 52.0 Å². The van der Waals surface area contributed by atoms with Gasteiger partial charge in [0.25, 0.3) is 5.91 Å². The van der Waals surface area contributed by atoms with Crippen molar-refractivity contribution in [1.29, 1.82) is 0 Å². The number of pyridine rings is 2. The summed E-state index contributed by atoms with van der Waals surface area (Å²) in [5, 5.41) is 5.88. The molecular weight excluding hydrogens is 557 g/mol. The second-order valence-corrected chi connectivity index (χ2v) is 12.7. The molecule has 41 heavy (non-hydrogen) atoms. The minimum atomic E-state index is -4.70. The Balaban J connectivity index is 1.52. The SMILES string of the molecule is Cc1cc(C(F)(F)F)nc(-c2ccnc3cc(CNC(=O)C4C(N=O)C4(C)C)sc23)c1C(=O)N1CCC(N(C)C)C1. The van der Waals surface area contributed by atoms with Crippen molar-refractivity contribution in [2.75, 3.05) is 27.2 Å². The Hall–Kier alpha value is -3.45. The van der Waals surface area contributed by atoms with Crippen molar-refractivity contribution in [3.05, 3.63) is 51.0 Å². The molecular formula is C28H31F3N6O3S. The maximum absolute atomic E-state index is 13.9. The molecule has 13 heteroatoms. The van der Waals surface area contributed by atoms with E-state index in [1.165, 1.54) is 24.5 Å². The summed E-state index contributed by atoms with van der Waals surface area (Å²) < 4.78 is 42.2. The lowest BCUT2D eigenvalue weighted by Crippen LogP contribution is -2.35. The van der Waals surface area contributed by atoms with Crippen LogP contribution in [0.4, 0.5) is 13.2 Å². The molecule has 3 atom stereocenters. The zero-order valence-electron chi connectivity index (χ0n) is 23.4. The van der Waals surface area contributed by atoms with Crippen LogP contribution in [0.3, 0.4) is 0 Å². The molecule has 9 nitrogen and oxygen atoms in total. The van der Waals surface area contributed by atoms with E-state index in [4.69, 9.17) is 0 Å². The minimum absolute atomic E-state index is 0.0416. The fraction of sp³-hybridized carbons (Fsp3) is 0.500. The average molecular weight is 589 g/mol. The first-order valence-corrected chi connectivity index (χ1v) is 14.1. The van der Waals surface area contributed by atoms with Gasteiger partial charge in [0.2, 0.25) is 5.91 Å². The van der Waals surface area contributed by atoms with Gasteiger partial charge >= 0.3 is 6.18 Å². The number of aromatic nitrogens is 2. The van der Waals surface area contributed by atoms with Crippen LogP contribution in [0.15, 0.2) is 29.6 Å². The highest BCUT2D eigenvalue weighted by Crippen LogP contribution is 2.54. The van der Waals surface area contributed by atoms with Crippen molar-refractivity contribution in [3.8, 4) is 11.3 Å². The highest BCUT2D eigenvalue weighted by atomic mass is 32.1. The molecule has 1 aliphatic heterocycles. The number of rotatable bonds is 7. The number of alkyl halides is 3. The van der Waals surface area contributed by atoms with Gasteiger partial charge in [0, 0.05) is 41.2 Å². The van der Waals surface area contributed by atoms with Gasteiger partial charge in [-0.15, -0.1) is 11.3 Å². The van der Waals surface area contributed by atoms with Crippen molar-refractivity contribution >= 4 is 33.4 Å². The molecule has 1 aliphatic carbocycles. The van der Waals surface area contributed by atoms with Crippen LogP contribution >= 0.6 is 11.3 Å². The fourth-order valence-electron chi connectivity index (χ4n) is 5.62. The number of fused-ring (bicyclic) bond motifs is 1. The summed E-state index contributed by atoms with van der Waals surface area (Å²) >= 11 is 1.26. The van der Waals surface area contributed by atoms with E-state index >= 15 is 0 Å². The molecule has 4 heterocycles. The monoisotopic (exact) mass is 588 g/mol. The van der Waals surface area contributed by atoms with Crippen LogP contribution in [0.5, 0.6) is 0 Å². The lowest BCUT2D eigenvalue weighted by atomic mass is 9.99. The summed E-state index contributed by atoms with van der Waals surface area (Å²) in [5.74, 6) is -1.15. The maximum Gasteiger partial charge on any atom is 0.433 e. The summed E-state index contributed by atoms with van der Waals surface area (Å²) in [6.07, 6.45) is -2.46. The molecule has 218 valence electrons. The summed E-state index contributed by atoms with van der Waals surface area (Å²) in [6, 6.07) is 3.82. The largest absolute Gasteiger partial charge is 0.433 e. The van der Waals surface area contributed by atoms with Gasteiger partial charge in [-0.3, -0.25) is 14.6 Å². The van der Waals surface area contributed by atoms with Crippen LogP contribution in [0.25, 0.3) is 21.5 Å². The van der Waals surface area contributed by atoms with Gasteiger partial charge in [-0.25, -0.2) is 4.98 Å². The number of likely N-dealkylation sites (tertiary alicyclic amines) is 1. The molecule has 0 spiro atoms. The minimum Gasteiger partial charge on any atom is -0.351 e. The summed E-state index contributed by atoms with van der Waals surface area (Å²) in [6.45, 7) is 6.24. The molecule has 2 aliphatic rings. The fourth-order valence-corrected chi connectivity index (χ4v) is 6.69. The summed E-state index contributed by atoms with van der Waals surface area (Å²) in [5.41, 5.74) is -0.407. The molecule has 1 N–H and O–H groups in total. The lowest BCUT2D eigenvalue weighted by molar-refractivity contribution is -0.141. The van der Waals surface area contributed by atoms with Crippen molar-refractivity contribution in [1.82, 2.24) is 25.1 Å². The van der Waals surface area contributed by atoms with Gasteiger partial charge in [-0.05, 0) is 51.2 Å². The van der Waals surface area contributed by atoms with Crippen LogP contribution in [0.2, 0.25) is 0 Å². The van der Waals surface area contributed by atoms with E-state index in [1.54, 1.807) is 17.0 Å². The van der Waals surface area contributed by atoms with Gasteiger partial charge in [-0.2, -0.15) is 18.1 Å². The zero-order chi connectivity index (χ0) is 29.9. The predicted molar refractivity (Wildman–Crippen MR) is 149 cm³/mol. The van der Waals surface area contributed by atoms with Crippen molar-refractivity contribution in [2.24, 2.45) is 16.5 Å². The number of hydrogen-bond acceptors (Lipinski definition) is 8. The van der Waals surface area contributed by atoms with E-state index in [2.05, 4.69) is 20.5 Å². The Morgan fingerprint density at radius 3 is 2.61 bits per heavy atom. The molecule has 0 aromatic carbocycles. The van der Waals surface area contributed by atoms with Gasteiger partial charge in [-0.1, -0.05) is 19.0 Å². The normalized spacial score (nSPS) is 21.9. The van der Waals surface area contributed by atoms with Crippen molar-refractivity contribution < 1.29 is 22.8 Å². The summed E-state index contributed by atoms with van der Waals surface area (Å²) in [7, 11) is 3.87. The van der Waals surface area contributed by atoms with Crippen LogP contribution in [0, 0.1) is 23.2 Å². The van der Waals surface area contributed by atoms with E-state index in [9.17, 15) is 27.7 Å². The van der Waals surface area contributed by atoms with Crippen molar-refractivity contribution in [3.63, 3.8) is 0 Å². The lowest BCUT2D eigenvalue weighted by Gasteiger charge is -2.23. The van der Waals surface area contributed by atoms with E-state index in [1.807, 2.05) is 32.8 Å². The van der Waals surface area contributed by atoms with E-state index in [-0.39, 0.29) is 41.2 Å². The Labute approximate surface area is 239 Å². The molecule has 0 bridgehead atoms. The Kier molecular flexibility index (Phi) is 7.39. The van der Waals surface area contributed by atoms with E-state index < -0.39 is 29.2 Å². The topological polar surface area (TPSA) is 108 Å². The quantitative estimate of drug-likeness (QED) is 0.395. The number of nitroso groups, excluding NO2 is 1. The third-order valence-electron chi connectivity index (χ3n) is 8.22. The molecule has 2 amide bonds. The number of halogens is 3. The molecule has 1 saturated carbocycles. The van der Waals surface area contributed by atoms with Crippen LogP contribution in [-0.2, 0) is 17.5 Å². The number of amides is 2. The number of hydrogen-bond donors (Lipinski definition) is 1. The van der Waals surface area contributed by atoms with Crippen LogP contribution in [-0.4, -0.2) is 70.9 Å². The molecule has 5 rings (SSSR count). The molecule has 2 fully saturated rings. The van der Waals surface area contributed by atoms with Gasteiger partial charge in [0.15, 0.2) is 0 Å². The Bertz CT molecular complexity index is 1540. The number of likely N-dealkylation sites (N-methyl/N-ethyl adjacent to an activating group) is 1. The first-order chi connectivity index (χ1) is 19.2. The second-order valence-electron chi connectivity index (χ2n) is 11.6. The standard InChI is InChI=1S/C28H31F3N6O3S/c1-14-10-19(28(29,30)31)34-22(20(14)26(39)37-9-7-15(13-37)36(4)5)17-6-8-32-18-11-16(41-23(17)18)12-33-25(38)21-24(35-40)27(21,2)3/h6,8,10-11,15,21,24H,7,9,12-13H2,1-5H3,(H,33,38). The number of aryl methyl sites for hydroxylation is 1. The third-order valence-corrected chi connectivity index (χ3v) is 9.38. The highest BCUT2D eigenvalue weighted by molar-refractivity contribution is 7.19. The maximum atomic E-state index is 13.9. The predicted octanol–water partition coefficient (Wildman–Crippen LogP) is 4.87. The second kappa shape index (κ2) is 10.4. The first-order valence-electron chi connectivity index (χ1n) is 13.3. The average Bonchev–Trinajstić information content (AvgIpc) is 3.29. The van der Waals surface area contributed by atoms with Crippen LogP contribution < -0.4 is 5.32 Å². The highest BCUT2D eigenvalue weighted by Gasteiger charge is 2.63. The molecule has 3 aromatic heterocycles. The number of thiophene rings is 1. The first kappa shape index (κ1) is 29.1. The van der Waals surface area contributed by atoms with E-state index in [0.717, 1.165) is 12.5 Å². The van der Waals surface area contributed by atoms with Crippen LogP contribution in [0.1, 0.15) is 46.8 Å². The van der Waals surface area contributed by atoms with E-state index in [0.29, 0.717) is 33.7 Å². The Morgan fingerprint density at radius 1 is 1.27 bits per heavy atom. The third kappa shape index (κ3) is 5.32. The number of nitrogens with zero attached hydrogens (tertiary/aromatic N) is 5. The number of nitrogens with one attached hydrogen (secondary N) is 1. The number of carbonyl (C=O) groups is 2. The smallest absolute Gasteiger partial charge is 0.351 e. The Morgan fingerprint density at radius 2 is 2.00 bits per heavy atom. The molecule has 3 unspecified atom stereocenters. The zero-order valence-corrected chi connectivity index (χ0v) is 24.2. The summed E-state index contributed by atoms with van der Waals surface area (Å²) in [4.78, 5) is 50.3. The number of carbonyl (C=O) groups excluding carboxylic acids is 2. The van der Waals surface area contributed by atoms with Gasteiger partial charge in [0.05, 0.1) is 33.9 Å². The molecule has 3 aromatic rings. The van der Waals surface area contributed by atoms with Gasteiger partial charge < -0.3 is 15.1 Å².